The van der Waals surface area contributed by atoms with Crippen molar-refractivity contribution in [3.8, 4) is 17.1 Å². The molecule has 0 spiro atoms. The molecule has 3 heterocycles. The van der Waals surface area contributed by atoms with Crippen molar-refractivity contribution in [2.75, 3.05) is 26.8 Å². The van der Waals surface area contributed by atoms with E-state index in [0.29, 0.717) is 18.1 Å². The fourth-order valence-electron chi connectivity index (χ4n) is 3.20. The molecule has 9 nitrogen and oxygen atoms in total. The summed E-state index contributed by atoms with van der Waals surface area (Å²) in [6.45, 7) is 1.22. The Kier molecular flexibility index (Phi) is 5.80. The van der Waals surface area contributed by atoms with Gasteiger partial charge in [0.15, 0.2) is 11.6 Å². The minimum Gasteiger partial charge on any atom is -0.488 e. The topological polar surface area (TPSA) is 106 Å². The zero-order valence-electron chi connectivity index (χ0n) is 16.5. The largest absolute Gasteiger partial charge is 0.488 e. The van der Waals surface area contributed by atoms with Gasteiger partial charge in [-0.2, -0.15) is 10.2 Å². The maximum atomic E-state index is 12.3. The summed E-state index contributed by atoms with van der Waals surface area (Å²) in [5, 5.41) is 19.5. The molecule has 0 aliphatic carbocycles. The van der Waals surface area contributed by atoms with Crippen LogP contribution in [0.4, 0.5) is 0 Å². The van der Waals surface area contributed by atoms with Crippen LogP contribution in [-0.2, 0) is 6.54 Å². The number of ether oxygens (including phenoxy) is 1. The first-order chi connectivity index (χ1) is 14.6. The number of hydrazone groups is 1. The highest BCUT2D eigenvalue weighted by atomic mass is 16.5. The van der Waals surface area contributed by atoms with E-state index < -0.39 is 0 Å². The Morgan fingerprint density at radius 3 is 2.77 bits per heavy atom. The van der Waals surface area contributed by atoms with Gasteiger partial charge in [-0.15, -0.1) is 0 Å². The summed E-state index contributed by atoms with van der Waals surface area (Å²) < 4.78 is 6.75. The molecule has 0 amide bonds. The van der Waals surface area contributed by atoms with Crippen LogP contribution in [0.15, 0.2) is 58.7 Å². The van der Waals surface area contributed by atoms with Crippen molar-refractivity contribution in [3.63, 3.8) is 0 Å². The summed E-state index contributed by atoms with van der Waals surface area (Å²) >= 11 is 0. The summed E-state index contributed by atoms with van der Waals surface area (Å²) in [6.07, 6.45) is 4.99. The van der Waals surface area contributed by atoms with Gasteiger partial charge in [-0.1, -0.05) is 18.2 Å². The highest BCUT2D eigenvalue weighted by molar-refractivity contribution is 5.68. The van der Waals surface area contributed by atoms with Crippen LogP contribution in [-0.4, -0.2) is 62.9 Å². The van der Waals surface area contributed by atoms with Gasteiger partial charge in [0.1, 0.15) is 6.61 Å². The Balaban J connectivity index is 1.53. The standard InChI is InChI=1S/C21H22N6O3/c1-26-14-17(10-24-26)19-5-6-20(29)27(25-19)13-15-3-2-4-16(9-15)21-22-11-18(12-23-21)30-8-7-28/h2-6,9-12,17,28H,7-8,13-14H2,1H3. The van der Waals surface area contributed by atoms with Crippen LogP contribution in [0.2, 0.25) is 0 Å². The predicted octanol–water partition coefficient (Wildman–Crippen LogP) is 1.13. The third-order valence-corrected chi connectivity index (χ3v) is 4.68. The molecule has 1 aliphatic heterocycles. The van der Waals surface area contributed by atoms with Crippen molar-refractivity contribution in [2.45, 2.75) is 12.5 Å². The van der Waals surface area contributed by atoms with E-state index >= 15 is 0 Å². The molecular weight excluding hydrogens is 384 g/mol. The van der Waals surface area contributed by atoms with Gasteiger partial charge in [0, 0.05) is 31.4 Å². The maximum absolute atomic E-state index is 12.3. The molecule has 9 heteroatoms. The number of nitrogens with zero attached hydrogens (tertiary/aromatic N) is 6. The molecule has 0 bridgehead atoms. The molecule has 1 aromatic carbocycles. The normalized spacial score (nSPS) is 15.5. The Hall–Kier alpha value is -3.59. The number of hydrogen-bond donors (Lipinski definition) is 1. The van der Waals surface area contributed by atoms with Gasteiger partial charge in [0.2, 0.25) is 0 Å². The molecule has 30 heavy (non-hydrogen) atoms. The maximum Gasteiger partial charge on any atom is 0.267 e. The van der Waals surface area contributed by atoms with E-state index in [-0.39, 0.29) is 24.7 Å². The van der Waals surface area contributed by atoms with E-state index in [4.69, 9.17) is 9.84 Å². The zero-order chi connectivity index (χ0) is 20.9. The summed E-state index contributed by atoms with van der Waals surface area (Å²) in [4.78, 5) is 21.0. The third-order valence-electron chi connectivity index (χ3n) is 4.68. The van der Waals surface area contributed by atoms with Crippen LogP contribution < -0.4 is 10.3 Å². The minimum atomic E-state index is -0.158. The number of aromatic nitrogens is 4. The van der Waals surface area contributed by atoms with Crippen LogP contribution >= 0.6 is 0 Å². The Morgan fingerprint density at radius 1 is 1.20 bits per heavy atom. The first-order valence-electron chi connectivity index (χ1n) is 9.61. The van der Waals surface area contributed by atoms with Crippen molar-refractivity contribution in [2.24, 2.45) is 5.10 Å². The smallest absolute Gasteiger partial charge is 0.267 e. The minimum absolute atomic E-state index is 0.0668. The van der Waals surface area contributed by atoms with Crippen molar-refractivity contribution in [1.82, 2.24) is 24.8 Å². The summed E-state index contributed by atoms with van der Waals surface area (Å²) in [6, 6.07) is 11.0. The molecule has 0 fully saturated rings. The second-order valence-electron chi connectivity index (χ2n) is 6.98. The van der Waals surface area contributed by atoms with Gasteiger partial charge in [-0.25, -0.2) is 14.6 Å². The summed E-state index contributed by atoms with van der Waals surface area (Å²) in [5.74, 6) is 1.12. The molecule has 0 saturated carbocycles. The molecule has 3 aromatic rings. The Morgan fingerprint density at radius 2 is 2.03 bits per heavy atom. The molecule has 4 rings (SSSR count). The molecule has 1 aliphatic rings. The highest BCUT2D eigenvalue weighted by Gasteiger charge is 2.19. The fourth-order valence-corrected chi connectivity index (χ4v) is 3.20. The first-order valence-corrected chi connectivity index (χ1v) is 9.61. The number of rotatable bonds is 7. The number of aliphatic hydroxyl groups excluding tert-OH is 1. The van der Waals surface area contributed by atoms with Crippen molar-refractivity contribution < 1.29 is 9.84 Å². The average Bonchev–Trinajstić information content (AvgIpc) is 3.21. The van der Waals surface area contributed by atoms with Crippen LogP contribution in [0.3, 0.4) is 0 Å². The lowest BCUT2D eigenvalue weighted by atomic mass is 10.1. The van der Waals surface area contributed by atoms with Gasteiger partial charge >= 0.3 is 0 Å². The van der Waals surface area contributed by atoms with E-state index in [1.54, 1.807) is 24.5 Å². The van der Waals surface area contributed by atoms with Crippen LogP contribution in [0, 0.1) is 0 Å². The van der Waals surface area contributed by atoms with Gasteiger partial charge in [-0.05, 0) is 17.7 Å². The van der Waals surface area contributed by atoms with Crippen molar-refractivity contribution >= 4 is 6.21 Å². The van der Waals surface area contributed by atoms with Crippen LogP contribution in [0.5, 0.6) is 5.75 Å². The Bertz CT molecular complexity index is 1100. The van der Waals surface area contributed by atoms with E-state index in [1.807, 2.05) is 42.5 Å². The van der Waals surface area contributed by atoms with Gasteiger partial charge in [-0.3, -0.25) is 9.80 Å². The summed E-state index contributed by atoms with van der Waals surface area (Å²) in [5.41, 5.74) is 2.41. The molecular formula is C21H22N6O3. The number of aliphatic hydroxyl groups is 1. The van der Waals surface area contributed by atoms with E-state index in [1.165, 1.54) is 4.68 Å². The molecule has 2 aromatic heterocycles. The number of benzene rings is 1. The van der Waals surface area contributed by atoms with E-state index in [9.17, 15) is 4.79 Å². The fraction of sp³-hybridized carbons (Fsp3) is 0.286. The highest BCUT2D eigenvalue weighted by Crippen LogP contribution is 2.19. The second kappa shape index (κ2) is 8.83. The molecule has 1 N–H and O–H groups in total. The molecule has 0 radical (unpaired) electrons. The SMILES string of the molecule is CN1CC(c2ccc(=O)n(Cc3cccc(-c4ncc(OCCO)cn4)c3)n2)C=N1. The number of hydrogen-bond acceptors (Lipinski definition) is 8. The quantitative estimate of drug-likeness (QED) is 0.627. The van der Waals surface area contributed by atoms with E-state index in [0.717, 1.165) is 23.4 Å². The lowest BCUT2D eigenvalue weighted by Crippen LogP contribution is -2.25. The monoisotopic (exact) mass is 406 g/mol. The van der Waals surface area contributed by atoms with Gasteiger partial charge in [0.25, 0.3) is 5.56 Å². The average molecular weight is 406 g/mol. The summed E-state index contributed by atoms with van der Waals surface area (Å²) in [7, 11) is 1.91. The molecule has 1 atom stereocenters. The van der Waals surface area contributed by atoms with Crippen LogP contribution in [0.25, 0.3) is 11.4 Å². The van der Waals surface area contributed by atoms with Crippen molar-refractivity contribution in [3.05, 3.63) is 70.4 Å². The third kappa shape index (κ3) is 4.52. The number of likely N-dealkylation sites (N-methyl/N-ethyl adjacent to an activating group) is 1. The lowest BCUT2D eigenvalue weighted by molar-refractivity contribution is 0.200. The molecule has 1 unspecified atom stereocenters. The molecule has 0 saturated heterocycles. The van der Waals surface area contributed by atoms with E-state index in [2.05, 4.69) is 20.2 Å². The van der Waals surface area contributed by atoms with Crippen molar-refractivity contribution in [1.29, 1.82) is 0 Å². The molecule has 154 valence electrons. The van der Waals surface area contributed by atoms with Crippen LogP contribution in [0.1, 0.15) is 17.2 Å². The lowest BCUT2D eigenvalue weighted by Gasteiger charge is -2.12. The Labute approximate surface area is 173 Å². The van der Waals surface area contributed by atoms with Gasteiger partial charge < -0.3 is 9.84 Å². The second-order valence-corrected chi connectivity index (χ2v) is 6.98. The first kappa shape index (κ1) is 19.7. The predicted molar refractivity (Wildman–Crippen MR) is 112 cm³/mol. The van der Waals surface area contributed by atoms with Gasteiger partial charge in [0.05, 0.1) is 37.2 Å². The zero-order valence-corrected chi connectivity index (χ0v) is 16.5.